The number of amides is 3. The van der Waals surface area contributed by atoms with Crippen LogP contribution < -0.4 is 16.8 Å². The standard InChI is InChI=1S/C22H32N6O3/c23-20(24)26-18-10-8-16(9-11-18)14-25-21(29)28-13-12-27(22(30)31)15-19(28)17-6-4-2-1-3-5-7-17/h8-11H,1-7,12-15H2,(H,25,29)(H,30,31)(H4,23,24,26). The predicted octanol–water partition coefficient (Wildman–Crippen LogP) is 3.10. The molecule has 1 aliphatic heterocycles. The second-order valence-electron chi connectivity index (χ2n) is 8.04. The molecule has 6 N–H and O–H groups in total. The minimum Gasteiger partial charge on any atom is -0.465 e. The number of benzene rings is 1. The lowest BCUT2D eigenvalue weighted by Gasteiger charge is -2.37. The first-order valence-corrected chi connectivity index (χ1v) is 10.9. The Morgan fingerprint density at radius 1 is 1.00 bits per heavy atom. The molecule has 1 aromatic rings. The molecule has 0 unspecified atom stereocenters. The van der Waals surface area contributed by atoms with E-state index in [0.29, 0.717) is 25.3 Å². The number of guanidine groups is 1. The van der Waals surface area contributed by atoms with Gasteiger partial charge in [0, 0.05) is 25.3 Å². The van der Waals surface area contributed by atoms with Gasteiger partial charge in [-0.15, -0.1) is 0 Å². The normalized spacial score (nSPS) is 17.5. The maximum absolute atomic E-state index is 13.0. The van der Waals surface area contributed by atoms with Crippen molar-refractivity contribution in [1.29, 1.82) is 0 Å². The van der Waals surface area contributed by atoms with E-state index < -0.39 is 6.09 Å². The van der Waals surface area contributed by atoms with Crippen molar-refractivity contribution in [2.75, 3.05) is 19.6 Å². The van der Waals surface area contributed by atoms with Gasteiger partial charge in [0.2, 0.25) is 0 Å². The number of carbonyl (C=O) groups excluding carboxylic acids is 1. The van der Waals surface area contributed by atoms with E-state index in [-0.39, 0.29) is 18.5 Å². The van der Waals surface area contributed by atoms with Crippen LogP contribution in [0.4, 0.5) is 15.3 Å². The summed E-state index contributed by atoms with van der Waals surface area (Å²) in [5.74, 6) is -0.00339. The summed E-state index contributed by atoms with van der Waals surface area (Å²) < 4.78 is 0. The summed E-state index contributed by atoms with van der Waals surface area (Å²) in [7, 11) is 0. The highest BCUT2D eigenvalue weighted by molar-refractivity contribution is 5.79. The van der Waals surface area contributed by atoms with Crippen LogP contribution >= 0.6 is 0 Å². The predicted molar refractivity (Wildman–Crippen MR) is 120 cm³/mol. The number of carboxylic acid groups (broad SMARTS) is 1. The van der Waals surface area contributed by atoms with Crippen molar-refractivity contribution in [3.63, 3.8) is 0 Å². The highest BCUT2D eigenvalue weighted by Crippen LogP contribution is 2.28. The first kappa shape index (κ1) is 22.5. The molecule has 2 fully saturated rings. The van der Waals surface area contributed by atoms with Crippen molar-refractivity contribution in [3.05, 3.63) is 41.1 Å². The Labute approximate surface area is 182 Å². The summed E-state index contributed by atoms with van der Waals surface area (Å²) in [6.07, 6.45) is 6.70. The average molecular weight is 429 g/mol. The van der Waals surface area contributed by atoms with Crippen molar-refractivity contribution in [2.45, 2.75) is 51.5 Å². The second-order valence-corrected chi connectivity index (χ2v) is 8.04. The molecule has 0 atom stereocenters. The molecule has 0 aromatic heterocycles. The van der Waals surface area contributed by atoms with E-state index in [1.807, 2.05) is 12.1 Å². The van der Waals surface area contributed by atoms with Gasteiger partial charge < -0.3 is 26.8 Å². The molecule has 3 amide bonds. The van der Waals surface area contributed by atoms with Gasteiger partial charge in [0.1, 0.15) is 0 Å². The molecule has 0 spiro atoms. The van der Waals surface area contributed by atoms with Gasteiger partial charge in [-0.25, -0.2) is 14.6 Å². The first-order chi connectivity index (χ1) is 14.9. The smallest absolute Gasteiger partial charge is 0.407 e. The fourth-order valence-electron chi connectivity index (χ4n) is 4.12. The van der Waals surface area contributed by atoms with Crippen molar-refractivity contribution in [1.82, 2.24) is 15.1 Å². The van der Waals surface area contributed by atoms with Crippen molar-refractivity contribution >= 4 is 23.8 Å². The molecular weight excluding hydrogens is 396 g/mol. The van der Waals surface area contributed by atoms with E-state index in [2.05, 4.69) is 10.3 Å². The van der Waals surface area contributed by atoms with Crippen LogP contribution in [0.1, 0.15) is 50.5 Å². The number of aliphatic imine (C=N–C) groups is 1. The highest BCUT2D eigenvalue weighted by Gasteiger charge is 2.30. The minimum atomic E-state index is -0.940. The number of rotatable bonds is 3. The quantitative estimate of drug-likeness (QED) is 0.433. The zero-order valence-corrected chi connectivity index (χ0v) is 17.8. The molecule has 168 valence electrons. The molecule has 3 rings (SSSR count). The maximum atomic E-state index is 13.0. The van der Waals surface area contributed by atoms with Crippen LogP contribution in [0, 0.1) is 0 Å². The van der Waals surface area contributed by atoms with Gasteiger partial charge in [0.15, 0.2) is 5.96 Å². The first-order valence-electron chi connectivity index (χ1n) is 10.9. The Hall–Kier alpha value is -3.23. The van der Waals surface area contributed by atoms with Gasteiger partial charge in [-0.2, -0.15) is 0 Å². The fraction of sp³-hybridized carbons (Fsp3) is 0.500. The Balaban J connectivity index is 1.71. The molecule has 1 heterocycles. The number of nitrogens with one attached hydrogen (secondary N) is 1. The summed E-state index contributed by atoms with van der Waals surface area (Å²) in [5.41, 5.74) is 14.4. The molecule has 0 radical (unpaired) electrons. The molecule has 0 bridgehead atoms. The van der Waals surface area contributed by atoms with Crippen LogP contribution in [0.5, 0.6) is 0 Å². The number of carbonyl (C=O) groups is 2. The number of urea groups is 1. The fourth-order valence-corrected chi connectivity index (χ4v) is 4.12. The maximum Gasteiger partial charge on any atom is 0.407 e. The van der Waals surface area contributed by atoms with E-state index in [1.54, 1.807) is 17.0 Å². The topological polar surface area (TPSA) is 137 Å². The number of hydrogen-bond donors (Lipinski definition) is 4. The number of hydrogen-bond acceptors (Lipinski definition) is 3. The van der Waals surface area contributed by atoms with Crippen molar-refractivity contribution < 1.29 is 14.7 Å². The molecular formula is C22H32N6O3. The van der Waals surface area contributed by atoms with Crippen molar-refractivity contribution in [3.8, 4) is 0 Å². The molecule has 9 nitrogen and oxygen atoms in total. The van der Waals surface area contributed by atoms with Crippen LogP contribution in [-0.4, -0.2) is 52.6 Å². The second kappa shape index (κ2) is 10.7. The van der Waals surface area contributed by atoms with Crippen LogP contribution in [0.15, 0.2) is 40.5 Å². The molecule has 1 saturated carbocycles. The van der Waals surface area contributed by atoms with Gasteiger partial charge in [-0.3, -0.25) is 4.90 Å². The lowest BCUT2D eigenvalue weighted by molar-refractivity contribution is 0.126. The SMILES string of the molecule is NC(N)=Nc1ccc(CNC(=O)N2CCN(C(=O)O)CC2=C2CCCCCCC2)cc1. The molecule has 1 aliphatic carbocycles. The summed E-state index contributed by atoms with van der Waals surface area (Å²) in [5, 5.41) is 12.4. The van der Waals surface area contributed by atoms with Gasteiger partial charge >= 0.3 is 12.1 Å². The summed E-state index contributed by atoms with van der Waals surface area (Å²) in [4.78, 5) is 31.7. The molecule has 9 heteroatoms. The molecule has 1 saturated heterocycles. The summed E-state index contributed by atoms with van der Waals surface area (Å²) in [6, 6.07) is 7.10. The lowest BCUT2D eigenvalue weighted by Crippen LogP contribution is -2.52. The Morgan fingerprint density at radius 3 is 2.26 bits per heavy atom. The highest BCUT2D eigenvalue weighted by atomic mass is 16.4. The lowest BCUT2D eigenvalue weighted by atomic mass is 9.93. The van der Waals surface area contributed by atoms with Gasteiger partial charge in [0.05, 0.1) is 12.2 Å². The van der Waals surface area contributed by atoms with E-state index in [4.69, 9.17) is 11.5 Å². The van der Waals surface area contributed by atoms with Crippen LogP contribution in [0.2, 0.25) is 0 Å². The Morgan fingerprint density at radius 2 is 1.65 bits per heavy atom. The minimum absolute atomic E-state index is 0.00339. The summed E-state index contributed by atoms with van der Waals surface area (Å²) in [6.45, 7) is 1.31. The third kappa shape index (κ3) is 6.37. The number of nitrogens with zero attached hydrogens (tertiary/aromatic N) is 3. The zero-order chi connectivity index (χ0) is 22.2. The van der Waals surface area contributed by atoms with Gasteiger partial charge in [-0.05, 0) is 49.0 Å². The van der Waals surface area contributed by atoms with E-state index in [9.17, 15) is 14.7 Å². The van der Waals surface area contributed by atoms with E-state index in [0.717, 1.165) is 36.9 Å². The van der Waals surface area contributed by atoms with E-state index >= 15 is 0 Å². The zero-order valence-electron chi connectivity index (χ0n) is 17.8. The average Bonchev–Trinajstić information content (AvgIpc) is 2.72. The number of piperazine rings is 1. The van der Waals surface area contributed by atoms with Crippen LogP contribution in [0.25, 0.3) is 0 Å². The van der Waals surface area contributed by atoms with Gasteiger partial charge in [-0.1, -0.05) is 31.4 Å². The number of allylic oxidation sites excluding steroid dienone is 1. The monoisotopic (exact) mass is 428 g/mol. The number of nitrogens with two attached hydrogens (primary N) is 2. The largest absolute Gasteiger partial charge is 0.465 e. The third-order valence-electron chi connectivity index (χ3n) is 5.78. The van der Waals surface area contributed by atoms with Crippen LogP contribution in [0.3, 0.4) is 0 Å². The van der Waals surface area contributed by atoms with Crippen LogP contribution in [-0.2, 0) is 6.54 Å². The summed E-state index contributed by atoms with van der Waals surface area (Å²) >= 11 is 0. The Kier molecular flexibility index (Phi) is 7.75. The third-order valence-corrected chi connectivity index (χ3v) is 5.78. The Bertz CT molecular complexity index is 835. The molecule has 1 aromatic carbocycles. The van der Waals surface area contributed by atoms with E-state index in [1.165, 1.54) is 29.7 Å². The van der Waals surface area contributed by atoms with Crippen molar-refractivity contribution in [2.24, 2.45) is 16.5 Å². The van der Waals surface area contributed by atoms with Gasteiger partial charge in [0.25, 0.3) is 0 Å². The molecule has 31 heavy (non-hydrogen) atoms. The molecule has 2 aliphatic rings.